The molecule has 28 heavy (non-hydrogen) atoms. The Bertz CT molecular complexity index is 1030. The minimum atomic E-state index is -0.278. The summed E-state index contributed by atoms with van der Waals surface area (Å²) in [5.74, 6) is 0.719. The van der Waals surface area contributed by atoms with Crippen molar-refractivity contribution < 1.29 is 0 Å². The lowest BCUT2D eigenvalue weighted by atomic mass is 10.0. The third-order valence-electron chi connectivity index (χ3n) is 5.57. The van der Waals surface area contributed by atoms with Crippen molar-refractivity contribution in [2.45, 2.75) is 32.9 Å². The van der Waals surface area contributed by atoms with Gasteiger partial charge in [-0.05, 0) is 55.3 Å². The first-order valence-electron chi connectivity index (χ1n) is 9.78. The van der Waals surface area contributed by atoms with E-state index < -0.39 is 0 Å². The second-order valence-electron chi connectivity index (χ2n) is 7.91. The van der Waals surface area contributed by atoms with E-state index in [1.165, 1.54) is 0 Å². The van der Waals surface area contributed by atoms with Gasteiger partial charge in [-0.15, -0.1) is 5.10 Å². The van der Waals surface area contributed by atoms with Gasteiger partial charge < -0.3 is 9.88 Å². The van der Waals surface area contributed by atoms with Crippen LogP contribution in [0.2, 0.25) is 0 Å². The lowest BCUT2D eigenvalue weighted by Crippen LogP contribution is -2.47. The number of rotatable bonds is 4. The van der Waals surface area contributed by atoms with Crippen LogP contribution in [0.5, 0.6) is 0 Å². The van der Waals surface area contributed by atoms with Crippen LogP contribution in [0, 0.1) is 6.92 Å². The van der Waals surface area contributed by atoms with Crippen molar-refractivity contribution in [2.24, 2.45) is 0 Å². The fourth-order valence-corrected chi connectivity index (χ4v) is 3.93. The Labute approximate surface area is 164 Å². The number of hydrogen-bond acceptors (Lipinski definition) is 6. The van der Waals surface area contributed by atoms with E-state index in [9.17, 15) is 4.79 Å². The van der Waals surface area contributed by atoms with E-state index >= 15 is 0 Å². The highest BCUT2D eigenvalue weighted by molar-refractivity contribution is 5.82. The number of aromatic nitrogens is 5. The van der Waals surface area contributed by atoms with Crippen molar-refractivity contribution in [1.29, 1.82) is 0 Å². The summed E-state index contributed by atoms with van der Waals surface area (Å²) in [5, 5.41) is 13.5. The molecule has 2 aromatic heterocycles. The Hall–Kier alpha value is -2.58. The van der Waals surface area contributed by atoms with E-state index in [-0.39, 0.29) is 17.6 Å². The van der Waals surface area contributed by atoms with Gasteiger partial charge in [-0.1, -0.05) is 18.2 Å². The number of tetrazole rings is 1. The molecule has 4 rings (SSSR count). The molecular formula is C20H27N7O. The molecule has 148 valence electrons. The van der Waals surface area contributed by atoms with E-state index in [0.717, 1.165) is 48.5 Å². The Kier molecular flexibility index (Phi) is 4.99. The quantitative estimate of drug-likeness (QED) is 0.741. The number of fused-ring (bicyclic) bond motifs is 1. The van der Waals surface area contributed by atoms with Crippen LogP contribution in [-0.4, -0.2) is 68.2 Å². The van der Waals surface area contributed by atoms with Gasteiger partial charge in [-0.25, -0.2) is 4.68 Å². The summed E-state index contributed by atoms with van der Waals surface area (Å²) in [6, 6.07) is 7.90. The lowest BCUT2D eigenvalue weighted by Gasteiger charge is -2.37. The third kappa shape index (κ3) is 3.33. The zero-order chi connectivity index (χ0) is 19.8. The lowest BCUT2D eigenvalue weighted by molar-refractivity contribution is 0.120. The van der Waals surface area contributed by atoms with Crippen molar-refractivity contribution in [3.63, 3.8) is 0 Å². The molecule has 0 saturated carbocycles. The molecule has 1 unspecified atom stereocenters. The number of likely N-dealkylation sites (N-methyl/N-ethyl adjacent to an activating group) is 1. The maximum absolute atomic E-state index is 13.1. The molecule has 0 spiro atoms. The molecule has 1 saturated heterocycles. The van der Waals surface area contributed by atoms with Gasteiger partial charge in [-0.2, -0.15) is 0 Å². The first-order chi connectivity index (χ1) is 13.5. The molecule has 8 nitrogen and oxygen atoms in total. The Morgan fingerprint density at radius 3 is 2.61 bits per heavy atom. The van der Waals surface area contributed by atoms with Gasteiger partial charge in [0, 0.05) is 31.7 Å². The van der Waals surface area contributed by atoms with Gasteiger partial charge in [0.25, 0.3) is 5.56 Å². The Morgan fingerprint density at radius 1 is 1.14 bits per heavy atom. The summed E-state index contributed by atoms with van der Waals surface area (Å²) in [6.45, 7) is 9.72. The minimum absolute atomic E-state index is 0.0796. The predicted molar refractivity (Wildman–Crippen MR) is 108 cm³/mol. The fraction of sp³-hybridized carbons (Fsp3) is 0.500. The topological polar surface area (TPSA) is 82.9 Å². The van der Waals surface area contributed by atoms with E-state index in [1.807, 2.05) is 35.9 Å². The average Bonchev–Trinajstić information content (AvgIpc) is 3.14. The maximum atomic E-state index is 13.1. The standard InChI is InChI=1S/C20H27N7O/c1-13(2)27-19(22-23-24-27)18(26-10-8-25(4)9-11-26)16-12-15-7-5-6-14(3)17(15)21-20(16)28/h5-7,12-13,18H,8-11H2,1-4H3,(H,21,28). The van der Waals surface area contributed by atoms with Crippen LogP contribution in [0.4, 0.5) is 0 Å². The summed E-state index contributed by atoms with van der Waals surface area (Å²) in [6.07, 6.45) is 0. The first-order valence-corrected chi connectivity index (χ1v) is 9.78. The molecule has 1 atom stereocenters. The first kappa shape index (κ1) is 18.8. The second-order valence-corrected chi connectivity index (χ2v) is 7.91. The molecule has 0 amide bonds. The number of pyridine rings is 1. The zero-order valence-electron chi connectivity index (χ0n) is 16.9. The van der Waals surface area contributed by atoms with Crippen LogP contribution in [0.15, 0.2) is 29.1 Å². The van der Waals surface area contributed by atoms with Crippen molar-refractivity contribution in [2.75, 3.05) is 33.2 Å². The largest absolute Gasteiger partial charge is 0.321 e. The molecule has 0 radical (unpaired) electrons. The number of nitrogens with zero attached hydrogens (tertiary/aromatic N) is 6. The fourth-order valence-electron chi connectivity index (χ4n) is 3.93. The number of para-hydroxylation sites is 1. The van der Waals surface area contributed by atoms with Crippen molar-refractivity contribution in [1.82, 2.24) is 35.0 Å². The molecule has 1 fully saturated rings. The summed E-state index contributed by atoms with van der Waals surface area (Å²) in [5.41, 5.74) is 2.56. The number of aromatic amines is 1. The van der Waals surface area contributed by atoms with Crippen molar-refractivity contribution in [3.05, 3.63) is 51.6 Å². The summed E-state index contributed by atoms with van der Waals surface area (Å²) in [4.78, 5) is 20.8. The van der Waals surface area contributed by atoms with E-state index in [1.54, 1.807) is 0 Å². The van der Waals surface area contributed by atoms with Gasteiger partial charge in [0.15, 0.2) is 5.82 Å². The maximum Gasteiger partial charge on any atom is 0.253 e. The van der Waals surface area contributed by atoms with Crippen LogP contribution in [0.1, 0.15) is 42.9 Å². The zero-order valence-corrected chi connectivity index (χ0v) is 16.9. The summed E-state index contributed by atoms with van der Waals surface area (Å²) >= 11 is 0. The molecule has 1 aromatic carbocycles. The van der Waals surface area contributed by atoms with Crippen LogP contribution in [0.25, 0.3) is 10.9 Å². The smallest absolute Gasteiger partial charge is 0.253 e. The van der Waals surface area contributed by atoms with E-state index in [0.29, 0.717) is 5.56 Å². The Balaban J connectivity index is 1.88. The molecule has 3 aromatic rings. The van der Waals surface area contributed by atoms with Crippen LogP contribution < -0.4 is 5.56 Å². The van der Waals surface area contributed by atoms with E-state index in [4.69, 9.17) is 0 Å². The highest BCUT2D eigenvalue weighted by atomic mass is 16.1. The van der Waals surface area contributed by atoms with Gasteiger partial charge >= 0.3 is 0 Å². The SMILES string of the molecule is Cc1cccc2cc(C(c3nnnn3C(C)C)N3CCN(C)CC3)c(=O)[nH]c12. The van der Waals surface area contributed by atoms with Crippen LogP contribution in [-0.2, 0) is 0 Å². The van der Waals surface area contributed by atoms with Gasteiger partial charge in [-0.3, -0.25) is 9.69 Å². The molecular weight excluding hydrogens is 354 g/mol. The molecule has 0 aliphatic carbocycles. The normalized spacial score (nSPS) is 17.5. The number of piperazine rings is 1. The van der Waals surface area contributed by atoms with Crippen LogP contribution >= 0.6 is 0 Å². The van der Waals surface area contributed by atoms with Gasteiger partial charge in [0.1, 0.15) is 6.04 Å². The molecule has 1 aliphatic rings. The van der Waals surface area contributed by atoms with Crippen molar-refractivity contribution in [3.8, 4) is 0 Å². The predicted octanol–water partition coefficient (Wildman–Crippen LogP) is 1.74. The van der Waals surface area contributed by atoms with Crippen molar-refractivity contribution >= 4 is 10.9 Å². The van der Waals surface area contributed by atoms with Gasteiger partial charge in [0.05, 0.1) is 11.6 Å². The summed E-state index contributed by atoms with van der Waals surface area (Å²) < 4.78 is 1.82. The van der Waals surface area contributed by atoms with Gasteiger partial charge in [0.2, 0.25) is 0 Å². The highest BCUT2D eigenvalue weighted by Gasteiger charge is 2.32. The number of aryl methyl sites for hydroxylation is 1. The Morgan fingerprint density at radius 2 is 1.89 bits per heavy atom. The molecule has 1 N–H and O–H groups in total. The number of benzene rings is 1. The minimum Gasteiger partial charge on any atom is -0.321 e. The summed E-state index contributed by atoms with van der Waals surface area (Å²) in [7, 11) is 2.12. The molecule has 3 heterocycles. The number of hydrogen-bond donors (Lipinski definition) is 1. The molecule has 1 aliphatic heterocycles. The monoisotopic (exact) mass is 381 g/mol. The second kappa shape index (κ2) is 7.44. The van der Waals surface area contributed by atoms with E-state index in [2.05, 4.69) is 51.2 Å². The van der Waals surface area contributed by atoms with Crippen LogP contribution in [0.3, 0.4) is 0 Å². The highest BCUT2D eigenvalue weighted by Crippen LogP contribution is 2.29. The number of nitrogens with one attached hydrogen (secondary N) is 1. The molecule has 8 heteroatoms. The third-order valence-corrected chi connectivity index (χ3v) is 5.57. The molecule has 0 bridgehead atoms. The number of H-pyrrole nitrogens is 1. The average molecular weight is 381 g/mol.